The van der Waals surface area contributed by atoms with E-state index in [-0.39, 0.29) is 13.0 Å². The number of hydrogen-bond acceptors (Lipinski definition) is 4. The Balaban J connectivity index is 3.43. The molecule has 0 spiro atoms. The summed E-state index contributed by atoms with van der Waals surface area (Å²) in [5.74, 6) is -2.51. The average molecular weight is 537 g/mol. The average Bonchev–Trinajstić information content (AvgIpc) is 2.92. The van der Waals surface area contributed by atoms with Crippen LogP contribution in [-0.2, 0) is 19.1 Å². The summed E-state index contributed by atoms with van der Waals surface area (Å²) in [4.78, 5) is 35.8. The standard InChI is InChI=1S/C34H64O4/c1-3-5-7-9-11-13-15-17-19-21-23-25-27-29-31-38-34(37)33(36)32(35)30-28-26-24-22-20-18-16-14-12-10-8-6-4-2/h3-31H2,1-2H3. The highest BCUT2D eigenvalue weighted by atomic mass is 16.5. The minimum atomic E-state index is -0.964. The Morgan fingerprint density at radius 1 is 0.395 bits per heavy atom. The first-order chi connectivity index (χ1) is 18.6. The maximum Gasteiger partial charge on any atom is 0.382 e. The molecule has 0 atom stereocenters. The van der Waals surface area contributed by atoms with Crippen molar-refractivity contribution in [2.75, 3.05) is 6.61 Å². The molecular weight excluding hydrogens is 472 g/mol. The summed E-state index contributed by atoms with van der Waals surface area (Å²) in [7, 11) is 0. The molecule has 0 rings (SSSR count). The number of esters is 1. The molecule has 0 aliphatic rings. The SMILES string of the molecule is CCCCCCCCCCCCCCCCOC(=O)C(=O)C(=O)CCCCCCCCCCCCCCC. The lowest BCUT2D eigenvalue weighted by atomic mass is 10.0. The van der Waals surface area contributed by atoms with E-state index >= 15 is 0 Å². The van der Waals surface area contributed by atoms with Gasteiger partial charge in [0, 0.05) is 6.42 Å². The van der Waals surface area contributed by atoms with Crippen LogP contribution in [0.3, 0.4) is 0 Å². The van der Waals surface area contributed by atoms with Gasteiger partial charge in [-0.1, -0.05) is 174 Å². The third kappa shape index (κ3) is 26.4. The minimum Gasteiger partial charge on any atom is -0.460 e. The molecular formula is C34H64O4. The van der Waals surface area contributed by atoms with E-state index in [0.717, 1.165) is 32.1 Å². The molecule has 0 radical (unpaired) electrons. The summed E-state index contributed by atoms with van der Waals surface area (Å²) in [5.41, 5.74) is 0. The van der Waals surface area contributed by atoms with Crippen molar-refractivity contribution in [3.05, 3.63) is 0 Å². The predicted octanol–water partition coefficient (Wildman–Crippen LogP) is 10.6. The van der Waals surface area contributed by atoms with E-state index in [0.29, 0.717) is 6.42 Å². The van der Waals surface area contributed by atoms with Gasteiger partial charge in [-0.05, 0) is 12.8 Å². The molecule has 0 aromatic carbocycles. The number of carbonyl (C=O) groups excluding carboxylic acids is 3. The number of unbranched alkanes of at least 4 members (excludes halogenated alkanes) is 25. The van der Waals surface area contributed by atoms with Crippen LogP contribution in [0.5, 0.6) is 0 Å². The smallest absolute Gasteiger partial charge is 0.382 e. The number of ketones is 2. The van der Waals surface area contributed by atoms with E-state index in [1.165, 1.54) is 135 Å². The van der Waals surface area contributed by atoms with Crippen molar-refractivity contribution in [1.82, 2.24) is 0 Å². The fraction of sp³-hybridized carbons (Fsp3) is 0.912. The molecule has 0 N–H and O–H groups in total. The molecule has 4 nitrogen and oxygen atoms in total. The van der Waals surface area contributed by atoms with E-state index in [9.17, 15) is 14.4 Å². The van der Waals surface area contributed by atoms with Gasteiger partial charge in [0.15, 0.2) is 0 Å². The van der Waals surface area contributed by atoms with Gasteiger partial charge in [-0.3, -0.25) is 9.59 Å². The molecule has 0 amide bonds. The topological polar surface area (TPSA) is 60.4 Å². The van der Waals surface area contributed by atoms with Crippen LogP contribution in [0.25, 0.3) is 0 Å². The summed E-state index contributed by atoms with van der Waals surface area (Å²) < 4.78 is 5.04. The lowest BCUT2D eigenvalue weighted by Gasteiger charge is -2.05. The van der Waals surface area contributed by atoms with Gasteiger partial charge >= 0.3 is 11.8 Å². The quantitative estimate of drug-likeness (QED) is 0.0382. The van der Waals surface area contributed by atoms with Gasteiger partial charge in [0.05, 0.1) is 6.61 Å². The number of Topliss-reactive ketones (excluding diaryl/α,β-unsaturated/α-hetero) is 2. The molecule has 4 heteroatoms. The van der Waals surface area contributed by atoms with Crippen LogP contribution in [0.15, 0.2) is 0 Å². The molecule has 0 heterocycles. The van der Waals surface area contributed by atoms with Crippen molar-refractivity contribution in [1.29, 1.82) is 0 Å². The van der Waals surface area contributed by atoms with Crippen LogP contribution in [0.2, 0.25) is 0 Å². The molecule has 0 aliphatic heterocycles. The van der Waals surface area contributed by atoms with Crippen LogP contribution in [0.4, 0.5) is 0 Å². The lowest BCUT2D eigenvalue weighted by molar-refractivity contribution is -0.156. The van der Waals surface area contributed by atoms with E-state index < -0.39 is 17.5 Å². The molecule has 224 valence electrons. The van der Waals surface area contributed by atoms with Crippen molar-refractivity contribution in [2.24, 2.45) is 0 Å². The Bertz CT molecular complexity index is 543. The molecule has 0 fully saturated rings. The van der Waals surface area contributed by atoms with Gasteiger partial charge in [0.25, 0.3) is 0 Å². The Labute approximate surface area is 236 Å². The van der Waals surface area contributed by atoms with Crippen LogP contribution in [0.1, 0.15) is 194 Å². The van der Waals surface area contributed by atoms with E-state index in [1.54, 1.807) is 0 Å². The van der Waals surface area contributed by atoms with Gasteiger partial charge in [0.1, 0.15) is 0 Å². The zero-order chi connectivity index (χ0) is 27.9. The molecule has 0 saturated heterocycles. The highest BCUT2D eigenvalue weighted by molar-refractivity contribution is 6.62. The maximum absolute atomic E-state index is 12.0. The zero-order valence-electron chi connectivity index (χ0n) is 25.6. The third-order valence-corrected chi connectivity index (χ3v) is 7.68. The predicted molar refractivity (Wildman–Crippen MR) is 162 cm³/mol. The molecule has 0 bridgehead atoms. The van der Waals surface area contributed by atoms with Gasteiger partial charge in [0.2, 0.25) is 5.78 Å². The van der Waals surface area contributed by atoms with E-state index in [2.05, 4.69) is 13.8 Å². The Morgan fingerprint density at radius 2 is 0.684 bits per heavy atom. The molecule has 0 saturated carbocycles. The van der Waals surface area contributed by atoms with Crippen LogP contribution in [-0.4, -0.2) is 24.1 Å². The Hall–Kier alpha value is -1.19. The molecule has 0 aromatic rings. The van der Waals surface area contributed by atoms with Crippen LogP contribution in [0, 0.1) is 0 Å². The van der Waals surface area contributed by atoms with Gasteiger partial charge in [-0.15, -0.1) is 0 Å². The first-order valence-electron chi connectivity index (χ1n) is 16.9. The lowest BCUT2D eigenvalue weighted by Crippen LogP contribution is -2.26. The normalized spacial score (nSPS) is 11.1. The number of ether oxygens (including phenoxy) is 1. The van der Waals surface area contributed by atoms with Crippen LogP contribution < -0.4 is 0 Å². The minimum absolute atomic E-state index is 0.171. The molecule has 0 aliphatic carbocycles. The highest BCUT2D eigenvalue weighted by Gasteiger charge is 2.23. The van der Waals surface area contributed by atoms with Gasteiger partial charge < -0.3 is 4.74 Å². The summed E-state index contributed by atoms with van der Waals surface area (Å²) in [6, 6.07) is 0. The Kier molecular flexibility index (Phi) is 29.4. The summed E-state index contributed by atoms with van der Waals surface area (Å²) in [5, 5.41) is 0. The van der Waals surface area contributed by atoms with E-state index in [1.807, 2.05) is 0 Å². The van der Waals surface area contributed by atoms with Crippen molar-refractivity contribution in [3.8, 4) is 0 Å². The summed E-state index contributed by atoms with van der Waals surface area (Å²) in [6.07, 6.45) is 33.9. The monoisotopic (exact) mass is 536 g/mol. The second kappa shape index (κ2) is 30.4. The van der Waals surface area contributed by atoms with E-state index in [4.69, 9.17) is 4.74 Å². The molecule has 38 heavy (non-hydrogen) atoms. The highest BCUT2D eigenvalue weighted by Crippen LogP contribution is 2.14. The Morgan fingerprint density at radius 3 is 1.03 bits per heavy atom. The van der Waals surface area contributed by atoms with Crippen molar-refractivity contribution < 1.29 is 19.1 Å². The van der Waals surface area contributed by atoms with Gasteiger partial charge in [-0.25, -0.2) is 4.79 Å². The molecule has 0 aromatic heterocycles. The first kappa shape index (κ1) is 36.8. The van der Waals surface area contributed by atoms with Crippen molar-refractivity contribution >= 4 is 17.5 Å². The van der Waals surface area contributed by atoms with Gasteiger partial charge in [-0.2, -0.15) is 0 Å². The fourth-order valence-electron chi connectivity index (χ4n) is 5.06. The summed E-state index contributed by atoms with van der Waals surface area (Å²) >= 11 is 0. The van der Waals surface area contributed by atoms with Crippen molar-refractivity contribution in [3.63, 3.8) is 0 Å². The number of hydrogen-bond donors (Lipinski definition) is 0. The maximum atomic E-state index is 12.0. The molecule has 0 unspecified atom stereocenters. The van der Waals surface area contributed by atoms with Crippen LogP contribution >= 0.6 is 0 Å². The van der Waals surface area contributed by atoms with Crippen molar-refractivity contribution in [2.45, 2.75) is 194 Å². The zero-order valence-corrected chi connectivity index (χ0v) is 25.6. The second-order valence-electron chi connectivity index (χ2n) is 11.5. The second-order valence-corrected chi connectivity index (χ2v) is 11.5. The fourth-order valence-corrected chi connectivity index (χ4v) is 5.06. The third-order valence-electron chi connectivity index (χ3n) is 7.68. The first-order valence-corrected chi connectivity index (χ1v) is 16.9. The largest absolute Gasteiger partial charge is 0.460 e. The number of rotatable bonds is 31. The summed E-state index contributed by atoms with van der Waals surface area (Å²) in [6.45, 7) is 4.76. The number of carbonyl (C=O) groups is 3.